The fraction of sp³-hybridized carbons (Fsp3) is 0.167. The van der Waals surface area contributed by atoms with Crippen LogP contribution >= 0.6 is 0 Å². The zero-order valence-corrected chi connectivity index (χ0v) is 13.6. The molecule has 0 saturated carbocycles. The number of ether oxygens (including phenoxy) is 1. The molecule has 4 nitrogen and oxygen atoms in total. The number of nitriles is 2. The van der Waals surface area contributed by atoms with Crippen molar-refractivity contribution in [1.29, 1.82) is 10.5 Å². The van der Waals surface area contributed by atoms with Gasteiger partial charge in [-0.25, -0.2) is 4.79 Å². The van der Waals surface area contributed by atoms with Gasteiger partial charge in [0.25, 0.3) is 0 Å². The minimum absolute atomic E-state index is 0.552. The van der Waals surface area contributed by atoms with Crippen LogP contribution in [0.3, 0.4) is 0 Å². The Bertz CT molecular complexity index is 969. The Morgan fingerprint density at radius 2 is 1.18 bits per heavy atom. The van der Waals surface area contributed by atoms with E-state index >= 15 is 0 Å². The van der Waals surface area contributed by atoms with Crippen LogP contribution in [0.25, 0.3) is 0 Å². The van der Waals surface area contributed by atoms with Gasteiger partial charge in [0.15, 0.2) is 0 Å². The Balaban J connectivity index is 2.59. The molecular formula is C18H8F6N2O2. The second-order valence-electron chi connectivity index (χ2n) is 5.38. The van der Waals surface area contributed by atoms with Crippen LogP contribution in [0.4, 0.5) is 26.3 Å². The normalized spacial score (nSPS) is 12.0. The second-order valence-corrected chi connectivity index (χ2v) is 5.38. The van der Waals surface area contributed by atoms with Gasteiger partial charge in [-0.2, -0.15) is 36.9 Å². The molecule has 0 aromatic heterocycles. The lowest BCUT2D eigenvalue weighted by atomic mass is 9.91. The van der Waals surface area contributed by atoms with E-state index in [1.807, 2.05) is 0 Å². The quantitative estimate of drug-likeness (QED) is 0.549. The van der Waals surface area contributed by atoms with Gasteiger partial charge in [-0.05, 0) is 18.2 Å². The molecule has 0 aliphatic heterocycles. The molecule has 10 heteroatoms. The van der Waals surface area contributed by atoms with Gasteiger partial charge in [0.05, 0.1) is 16.7 Å². The zero-order chi connectivity index (χ0) is 21.2. The molecule has 0 unspecified atom stereocenters. The SMILES string of the molecule is N#CC(C#N)(OC(=O)c1ccccc1C(F)(F)F)c1ccccc1C(F)(F)F. The van der Waals surface area contributed by atoms with Gasteiger partial charge < -0.3 is 4.74 Å². The molecule has 2 aromatic rings. The van der Waals surface area contributed by atoms with Crippen molar-refractivity contribution in [2.75, 3.05) is 0 Å². The molecule has 0 fully saturated rings. The highest BCUT2D eigenvalue weighted by Gasteiger charge is 2.46. The lowest BCUT2D eigenvalue weighted by Crippen LogP contribution is -2.32. The van der Waals surface area contributed by atoms with Crippen molar-refractivity contribution in [2.24, 2.45) is 0 Å². The number of benzene rings is 2. The number of nitrogens with zero attached hydrogens (tertiary/aromatic N) is 2. The summed E-state index contributed by atoms with van der Waals surface area (Å²) < 4.78 is 83.5. The monoisotopic (exact) mass is 398 g/mol. The topological polar surface area (TPSA) is 73.9 Å². The van der Waals surface area contributed by atoms with Crippen molar-refractivity contribution in [3.8, 4) is 12.1 Å². The van der Waals surface area contributed by atoms with Crippen LogP contribution in [0, 0.1) is 22.7 Å². The number of esters is 1. The molecule has 0 atom stereocenters. The molecule has 0 bridgehead atoms. The highest BCUT2D eigenvalue weighted by atomic mass is 19.4. The van der Waals surface area contributed by atoms with Crippen molar-refractivity contribution in [2.45, 2.75) is 18.0 Å². The first-order valence-electron chi connectivity index (χ1n) is 7.35. The first-order valence-corrected chi connectivity index (χ1v) is 7.35. The lowest BCUT2D eigenvalue weighted by Gasteiger charge is -2.24. The van der Waals surface area contributed by atoms with E-state index in [-0.39, 0.29) is 0 Å². The van der Waals surface area contributed by atoms with Gasteiger partial charge in [-0.3, -0.25) is 0 Å². The molecule has 0 radical (unpaired) electrons. The van der Waals surface area contributed by atoms with Gasteiger partial charge >= 0.3 is 23.9 Å². The highest BCUT2D eigenvalue weighted by molar-refractivity contribution is 5.92. The maximum Gasteiger partial charge on any atom is 0.417 e. The van der Waals surface area contributed by atoms with Crippen LogP contribution in [0.2, 0.25) is 0 Å². The minimum Gasteiger partial charge on any atom is -0.422 e. The van der Waals surface area contributed by atoms with Crippen LogP contribution in [0.5, 0.6) is 0 Å². The van der Waals surface area contributed by atoms with Gasteiger partial charge in [0.1, 0.15) is 12.1 Å². The van der Waals surface area contributed by atoms with E-state index < -0.39 is 46.2 Å². The van der Waals surface area contributed by atoms with Gasteiger partial charge in [0, 0.05) is 5.56 Å². The summed E-state index contributed by atoms with van der Waals surface area (Å²) >= 11 is 0. The Hall–Kier alpha value is -3.53. The first-order chi connectivity index (χ1) is 13.0. The summed E-state index contributed by atoms with van der Waals surface area (Å²) in [5, 5.41) is 18.6. The third-order valence-electron chi connectivity index (χ3n) is 3.62. The van der Waals surface area contributed by atoms with Crippen LogP contribution in [0.15, 0.2) is 48.5 Å². The minimum atomic E-state index is -5.01. The summed E-state index contributed by atoms with van der Waals surface area (Å²) in [6.45, 7) is 0. The molecule has 144 valence electrons. The fourth-order valence-corrected chi connectivity index (χ4v) is 2.39. The molecular weight excluding hydrogens is 390 g/mol. The molecule has 2 aromatic carbocycles. The van der Waals surface area contributed by atoms with E-state index in [0.29, 0.717) is 12.1 Å². The predicted molar refractivity (Wildman–Crippen MR) is 81.2 cm³/mol. The summed E-state index contributed by atoms with van der Waals surface area (Å²) in [5.74, 6) is -1.77. The van der Waals surface area contributed by atoms with Crippen LogP contribution in [-0.4, -0.2) is 5.97 Å². The van der Waals surface area contributed by atoms with Crippen molar-refractivity contribution in [1.82, 2.24) is 0 Å². The highest BCUT2D eigenvalue weighted by Crippen LogP contribution is 2.39. The van der Waals surface area contributed by atoms with E-state index in [1.54, 1.807) is 0 Å². The van der Waals surface area contributed by atoms with Crippen LogP contribution in [-0.2, 0) is 22.7 Å². The van der Waals surface area contributed by atoms with Gasteiger partial charge in [-0.1, -0.05) is 30.3 Å². The third-order valence-corrected chi connectivity index (χ3v) is 3.62. The molecule has 28 heavy (non-hydrogen) atoms. The number of halogens is 6. The van der Waals surface area contributed by atoms with E-state index in [9.17, 15) is 41.7 Å². The Morgan fingerprint density at radius 1 is 0.750 bits per heavy atom. The number of rotatable bonds is 3. The summed E-state index contributed by atoms with van der Waals surface area (Å²) in [4.78, 5) is 12.3. The van der Waals surface area contributed by atoms with Crippen molar-refractivity contribution < 1.29 is 35.9 Å². The van der Waals surface area contributed by atoms with Crippen LogP contribution < -0.4 is 0 Å². The molecule has 0 aliphatic carbocycles. The molecule has 2 rings (SSSR count). The molecule has 0 N–H and O–H groups in total. The van der Waals surface area contributed by atoms with E-state index in [2.05, 4.69) is 4.74 Å². The Labute approximate surface area is 154 Å². The van der Waals surface area contributed by atoms with Gasteiger partial charge in [0.2, 0.25) is 0 Å². The second kappa shape index (κ2) is 7.24. The third kappa shape index (κ3) is 3.91. The summed E-state index contributed by atoms with van der Waals surface area (Å²) in [7, 11) is 0. The maximum absolute atomic E-state index is 13.2. The number of hydrogen-bond donors (Lipinski definition) is 0. The van der Waals surface area contributed by atoms with Crippen molar-refractivity contribution in [3.05, 3.63) is 70.8 Å². The lowest BCUT2D eigenvalue weighted by molar-refractivity contribution is -0.139. The maximum atomic E-state index is 13.2. The first kappa shape index (κ1) is 20.8. The summed E-state index contributed by atoms with van der Waals surface area (Å²) in [5.41, 5.74) is -8.02. The average molecular weight is 398 g/mol. The van der Waals surface area contributed by atoms with Crippen molar-refractivity contribution in [3.63, 3.8) is 0 Å². The van der Waals surface area contributed by atoms with E-state index in [0.717, 1.165) is 36.4 Å². The number of hydrogen-bond acceptors (Lipinski definition) is 4. The van der Waals surface area contributed by atoms with Crippen molar-refractivity contribution >= 4 is 5.97 Å². The summed E-state index contributed by atoms with van der Waals surface area (Å²) in [6, 6.07) is 8.99. The Morgan fingerprint density at radius 3 is 1.64 bits per heavy atom. The standard InChI is InChI=1S/C18H8F6N2O2/c19-17(20,21)12-6-2-1-5-11(12)15(27)28-16(9-25,10-26)13-7-3-4-8-14(13)18(22,23)24/h1-8H. The number of carbonyl (C=O) groups excluding carboxylic acids is 1. The molecule has 0 aliphatic rings. The van der Waals surface area contributed by atoms with Crippen LogP contribution in [0.1, 0.15) is 27.0 Å². The molecule has 0 saturated heterocycles. The van der Waals surface area contributed by atoms with E-state index in [4.69, 9.17) is 0 Å². The summed E-state index contributed by atoms with van der Waals surface area (Å²) in [6.07, 6.45) is -9.98. The molecule has 0 amide bonds. The van der Waals surface area contributed by atoms with E-state index in [1.165, 1.54) is 12.1 Å². The smallest absolute Gasteiger partial charge is 0.417 e. The number of carbonyl (C=O) groups is 1. The number of alkyl halides is 6. The Kier molecular flexibility index (Phi) is 5.37. The fourth-order valence-electron chi connectivity index (χ4n) is 2.39. The predicted octanol–water partition coefficient (Wildman–Crippen LogP) is 4.82. The van der Waals surface area contributed by atoms with Gasteiger partial charge in [-0.15, -0.1) is 0 Å². The largest absolute Gasteiger partial charge is 0.422 e. The zero-order valence-electron chi connectivity index (χ0n) is 13.6. The molecule has 0 spiro atoms. The average Bonchev–Trinajstić information content (AvgIpc) is 2.64. The molecule has 0 heterocycles.